The summed E-state index contributed by atoms with van der Waals surface area (Å²) in [5.74, 6) is -0.881. The molecular weight excluding hydrogens is 322 g/mol. The van der Waals surface area contributed by atoms with Gasteiger partial charge in [-0.15, -0.1) is 0 Å². The maximum absolute atomic E-state index is 12.6. The Morgan fingerprint density at radius 2 is 1.27 bits per heavy atom. The summed E-state index contributed by atoms with van der Waals surface area (Å²) in [5.41, 5.74) is 2.25. The average molecular weight is 337 g/mol. The molecule has 0 saturated heterocycles. The molecule has 26 heavy (non-hydrogen) atoms. The molecule has 0 aromatic heterocycles. The van der Waals surface area contributed by atoms with Gasteiger partial charge in [-0.2, -0.15) is 0 Å². The minimum Gasteiger partial charge on any atom is -0.300 e. The van der Waals surface area contributed by atoms with Gasteiger partial charge < -0.3 is 4.90 Å². The smallest absolute Gasteiger partial charge is 0.299 e. The third-order valence-electron chi connectivity index (χ3n) is 5.08. The van der Waals surface area contributed by atoms with Crippen LogP contribution in [-0.2, 0) is 11.3 Å². The molecule has 0 saturated carbocycles. The molecule has 1 aliphatic rings. The van der Waals surface area contributed by atoms with Gasteiger partial charge in [0.05, 0.1) is 17.8 Å². The molecule has 1 heterocycles. The van der Waals surface area contributed by atoms with Crippen LogP contribution in [0.1, 0.15) is 15.9 Å². The fraction of sp³-hybridized carbons (Fsp3) is 0.0435. The summed E-state index contributed by atoms with van der Waals surface area (Å²) in [6.07, 6.45) is 0. The van der Waals surface area contributed by atoms with Crippen molar-refractivity contribution in [3.63, 3.8) is 0 Å². The van der Waals surface area contributed by atoms with Crippen LogP contribution in [0, 0.1) is 0 Å². The second-order valence-corrected chi connectivity index (χ2v) is 6.53. The molecule has 0 spiro atoms. The van der Waals surface area contributed by atoms with Gasteiger partial charge in [-0.3, -0.25) is 9.59 Å². The van der Waals surface area contributed by atoms with E-state index in [0.717, 1.165) is 27.1 Å². The van der Waals surface area contributed by atoms with E-state index in [9.17, 15) is 9.59 Å². The Hall–Kier alpha value is -3.46. The van der Waals surface area contributed by atoms with Gasteiger partial charge in [-0.1, -0.05) is 60.7 Å². The summed E-state index contributed by atoms with van der Waals surface area (Å²) in [6.45, 7) is 0.378. The van der Waals surface area contributed by atoms with E-state index in [0.29, 0.717) is 17.8 Å². The molecule has 1 amide bonds. The molecule has 4 aromatic carbocycles. The fourth-order valence-electron chi connectivity index (χ4n) is 3.84. The molecule has 0 bridgehead atoms. The normalized spacial score (nSPS) is 13.6. The number of fused-ring (bicyclic) bond motifs is 3. The zero-order chi connectivity index (χ0) is 17.7. The molecule has 1 aliphatic heterocycles. The van der Waals surface area contributed by atoms with Gasteiger partial charge in [0.15, 0.2) is 0 Å². The second kappa shape index (κ2) is 5.53. The lowest BCUT2D eigenvalue weighted by Crippen LogP contribution is -2.29. The molecule has 5 rings (SSSR count). The first-order valence-corrected chi connectivity index (χ1v) is 8.58. The SMILES string of the molecule is O=C1C(=O)N(Cc2c3ccccc3cc3ccccc23)c2ccccc21. The first kappa shape index (κ1) is 14.8. The van der Waals surface area contributed by atoms with Crippen LogP contribution in [0.5, 0.6) is 0 Å². The maximum atomic E-state index is 12.6. The number of para-hydroxylation sites is 1. The molecule has 0 atom stereocenters. The van der Waals surface area contributed by atoms with Crippen molar-refractivity contribution in [2.24, 2.45) is 0 Å². The van der Waals surface area contributed by atoms with Crippen LogP contribution in [-0.4, -0.2) is 11.7 Å². The van der Waals surface area contributed by atoms with Crippen LogP contribution in [0.3, 0.4) is 0 Å². The number of carbonyl (C=O) groups excluding carboxylic acids is 2. The standard InChI is InChI=1S/C23H15NO2/c25-22-19-11-5-6-12-21(19)24(23(22)26)14-20-17-9-3-1-7-15(17)13-16-8-2-4-10-18(16)20/h1-13H,14H2. The Bertz CT molecular complexity index is 1160. The van der Waals surface area contributed by atoms with Crippen molar-refractivity contribution in [2.75, 3.05) is 4.90 Å². The summed E-state index contributed by atoms with van der Waals surface area (Å²) in [5, 5.41) is 4.48. The number of benzene rings is 4. The van der Waals surface area contributed by atoms with Gasteiger partial charge in [-0.25, -0.2) is 0 Å². The van der Waals surface area contributed by atoms with Crippen LogP contribution in [0.4, 0.5) is 5.69 Å². The number of nitrogens with zero attached hydrogens (tertiary/aromatic N) is 1. The molecule has 0 unspecified atom stereocenters. The molecule has 0 fully saturated rings. The molecule has 0 N–H and O–H groups in total. The minimum absolute atomic E-state index is 0.378. The Morgan fingerprint density at radius 3 is 1.96 bits per heavy atom. The Labute approximate surface area is 150 Å². The van der Waals surface area contributed by atoms with Gasteiger partial charge >= 0.3 is 0 Å². The predicted molar refractivity (Wildman–Crippen MR) is 103 cm³/mol. The zero-order valence-electron chi connectivity index (χ0n) is 14.0. The fourth-order valence-corrected chi connectivity index (χ4v) is 3.84. The number of amides is 1. The quantitative estimate of drug-likeness (QED) is 0.392. The van der Waals surface area contributed by atoms with E-state index in [2.05, 4.69) is 30.3 Å². The highest BCUT2D eigenvalue weighted by atomic mass is 16.2. The molecule has 0 aliphatic carbocycles. The molecule has 4 aromatic rings. The summed E-state index contributed by atoms with van der Waals surface area (Å²) < 4.78 is 0. The molecular formula is C23H15NO2. The predicted octanol–water partition coefficient (Wildman–Crippen LogP) is 4.72. The minimum atomic E-state index is -0.455. The van der Waals surface area contributed by atoms with Crippen molar-refractivity contribution in [1.82, 2.24) is 0 Å². The summed E-state index contributed by atoms with van der Waals surface area (Å²) >= 11 is 0. The molecule has 0 radical (unpaired) electrons. The van der Waals surface area contributed by atoms with Crippen LogP contribution >= 0.6 is 0 Å². The zero-order valence-corrected chi connectivity index (χ0v) is 14.0. The van der Waals surface area contributed by atoms with Crippen molar-refractivity contribution in [1.29, 1.82) is 0 Å². The third-order valence-corrected chi connectivity index (χ3v) is 5.08. The Morgan fingerprint density at radius 1 is 0.692 bits per heavy atom. The number of hydrogen-bond acceptors (Lipinski definition) is 2. The Kier molecular flexibility index (Phi) is 3.16. The average Bonchev–Trinajstić information content (AvgIpc) is 2.93. The molecule has 3 heteroatoms. The maximum Gasteiger partial charge on any atom is 0.299 e. The summed E-state index contributed by atoms with van der Waals surface area (Å²) in [4.78, 5) is 26.6. The topological polar surface area (TPSA) is 37.4 Å². The largest absolute Gasteiger partial charge is 0.300 e. The highest BCUT2D eigenvalue weighted by Crippen LogP contribution is 2.34. The van der Waals surface area contributed by atoms with E-state index in [4.69, 9.17) is 0 Å². The number of ketones is 1. The molecule has 3 nitrogen and oxygen atoms in total. The van der Waals surface area contributed by atoms with E-state index in [-0.39, 0.29) is 0 Å². The number of rotatable bonds is 2. The van der Waals surface area contributed by atoms with Gasteiger partial charge in [0, 0.05) is 0 Å². The number of Topliss-reactive ketones (excluding diaryl/α,β-unsaturated/α-hetero) is 1. The van der Waals surface area contributed by atoms with Crippen molar-refractivity contribution < 1.29 is 9.59 Å². The van der Waals surface area contributed by atoms with Crippen LogP contribution in [0.25, 0.3) is 21.5 Å². The Balaban J connectivity index is 1.75. The summed E-state index contributed by atoms with van der Waals surface area (Å²) in [6, 6.07) is 25.7. The van der Waals surface area contributed by atoms with E-state index in [1.165, 1.54) is 0 Å². The lowest BCUT2D eigenvalue weighted by Gasteiger charge is -2.19. The third kappa shape index (κ3) is 2.07. The monoisotopic (exact) mass is 337 g/mol. The van der Waals surface area contributed by atoms with Crippen LogP contribution < -0.4 is 4.90 Å². The lowest BCUT2D eigenvalue weighted by atomic mass is 9.96. The van der Waals surface area contributed by atoms with Gasteiger partial charge in [0.25, 0.3) is 11.7 Å². The second-order valence-electron chi connectivity index (χ2n) is 6.53. The van der Waals surface area contributed by atoms with Crippen LogP contribution in [0.15, 0.2) is 78.9 Å². The molecule has 124 valence electrons. The summed E-state index contributed by atoms with van der Waals surface area (Å²) in [7, 11) is 0. The van der Waals surface area contributed by atoms with Gasteiger partial charge in [-0.05, 0) is 45.3 Å². The number of anilines is 1. The van der Waals surface area contributed by atoms with Crippen molar-refractivity contribution >= 4 is 38.9 Å². The highest BCUT2D eigenvalue weighted by molar-refractivity contribution is 6.52. The van der Waals surface area contributed by atoms with E-state index in [1.807, 2.05) is 36.4 Å². The number of hydrogen-bond donors (Lipinski definition) is 0. The first-order valence-electron chi connectivity index (χ1n) is 8.58. The van der Waals surface area contributed by atoms with Gasteiger partial charge in [0.2, 0.25) is 0 Å². The van der Waals surface area contributed by atoms with Crippen molar-refractivity contribution in [3.05, 3.63) is 90.0 Å². The van der Waals surface area contributed by atoms with Crippen molar-refractivity contribution in [3.8, 4) is 0 Å². The van der Waals surface area contributed by atoms with E-state index < -0.39 is 11.7 Å². The van der Waals surface area contributed by atoms with Crippen LogP contribution in [0.2, 0.25) is 0 Å². The van der Waals surface area contributed by atoms with E-state index >= 15 is 0 Å². The first-order chi connectivity index (χ1) is 12.7. The van der Waals surface area contributed by atoms with Gasteiger partial charge in [0.1, 0.15) is 0 Å². The van der Waals surface area contributed by atoms with Crippen molar-refractivity contribution in [2.45, 2.75) is 6.54 Å². The lowest BCUT2D eigenvalue weighted by molar-refractivity contribution is -0.114. The highest BCUT2D eigenvalue weighted by Gasteiger charge is 2.35. The van der Waals surface area contributed by atoms with E-state index in [1.54, 1.807) is 17.0 Å². The number of carbonyl (C=O) groups is 2.